The topological polar surface area (TPSA) is 81.7 Å². The number of rotatable bonds is 2. The van der Waals surface area contributed by atoms with Crippen molar-refractivity contribution in [2.75, 3.05) is 5.43 Å². The number of anilines is 1. The van der Waals surface area contributed by atoms with E-state index in [1.165, 1.54) is 6.33 Å². The monoisotopic (exact) mass is 226 g/mol. The Morgan fingerprint density at radius 3 is 2.65 bits per heavy atom. The Kier molecular flexibility index (Phi) is 2.20. The molecule has 0 aliphatic rings. The number of nitrogens with zero attached hydrogens (tertiary/aromatic N) is 4. The van der Waals surface area contributed by atoms with Crippen molar-refractivity contribution < 1.29 is 0 Å². The lowest BCUT2D eigenvalue weighted by Gasteiger charge is -2.03. The molecule has 0 atom stereocenters. The second-order valence-corrected chi connectivity index (χ2v) is 3.49. The predicted molar refractivity (Wildman–Crippen MR) is 64.5 cm³/mol. The van der Waals surface area contributed by atoms with Gasteiger partial charge in [0.15, 0.2) is 17.0 Å². The van der Waals surface area contributed by atoms with Crippen molar-refractivity contribution in [3.05, 3.63) is 43.0 Å². The van der Waals surface area contributed by atoms with Crippen molar-refractivity contribution in [2.24, 2.45) is 5.84 Å². The first-order valence-electron chi connectivity index (χ1n) is 5.10. The van der Waals surface area contributed by atoms with Gasteiger partial charge in [-0.25, -0.2) is 20.8 Å². The summed E-state index contributed by atoms with van der Waals surface area (Å²) in [6.07, 6.45) is 3.16. The zero-order valence-electron chi connectivity index (χ0n) is 8.91. The molecular formula is C11H10N6. The van der Waals surface area contributed by atoms with Gasteiger partial charge in [-0.15, -0.1) is 0 Å². The van der Waals surface area contributed by atoms with Crippen molar-refractivity contribution in [2.45, 2.75) is 0 Å². The Labute approximate surface area is 97.1 Å². The number of aromatic nitrogens is 4. The zero-order chi connectivity index (χ0) is 11.7. The SMILES string of the molecule is NNc1ncnc2c1ncn2-c1ccccc1. The first-order chi connectivity index (χ1) is 8.40. The van der Waals surface area contributed by atoms with E-state index in [9.17, 15) is 0 Å². The van der Waals surface area contributed by atoms with Crippen LogP contribution in [0.1, 0.15) is 0 Å². The summed E-state index contributed by atoms with van der Waals surface area (Å²) >= 11 is 0. The van der Waals surface area contributed by atoms with Crippen LogP contribution in [-0.2, 0) is 0 Å². The number of fused-ring (bicyclic) bond motifs is 1. The molecule has 2 aromatic heterocycles. The van der Waals surface area contributed by atoms with Crippen molar-refractivity contribution in [3.63, 3.8) is 0 Å². The van der Waals surface area contributed by atoms with Crippen molar-refractivity contribution >= 4 is 17.0 Å². The molecule has 3 rings (SSSR count). The van der Waals surface area contributed by atoms with Crippen LogP contribution in [0.5, 0.6) is 0 Å². The molecule has 2 heterocycles. The maximum atomic E-state index is 5.37. The molecule has 84 valence electrons. The second-order valence-electron chi connectivity index (χ2n) is 3.49. The molecule has 0 unspecified atom stereocenters. The molecule has 0 spiro atoms. The van der Waals surface area contributed by atoms with E-state index in [0.29, 0.717) is 11.3 Å². The van der Waals surface area contributed by atoms with Crippen molar-refractivity contribution in [3.8, 4) is 5.69 Å². The van der Waals surface area contributed by atoms with Gasteiger partial charge in [0.1, 0.15) is 12.7 Å². The lowest BCUT2D eigenvalue weighted by molar-refractivity contribution is 1.06. The van der Waals surface area contributed by atoms with E-state index in [-0.39, 0.29) is 0 Å². The molecule has 6 nitrogen and oxygen atoms in total. The highest BCUT2D eigenvalue weighted by atomic mass is 15.3. The molecule has 6 heteroatoms. The molecule has 3 aromatic rings. The van der Waals surface area contributed by atoms with Crippen LogP contribution >= 0.6 is 0 Å². The van der Waals surface area contributed by atoms with E-state index >= 15 is 0 Å². The fourth-order valence-corrected chi connectivity index (χ4v) is 1.72. The molecule has 0 saturated heterocycles. The molecule has 0 amide bonds. The van der Waals surface area contributed by atoms with Gasteiger partial charge in [0.25, 0.3) is 0 Å². The quantitative estimate of drug-likeness (QED) is 0.505. The average molecular weight is 226 g/mol. The summed E-state index contributed by atoms with van der Waals surface area (Å²) < 4.78 is 1.89. The summed E-state index contributed by atoms with van der Waals surface area (Å²) in [6, 6.07) is 9.86. The van der Waals surface area contributed by atoms with E-state index in [1.807, 2.05) is 34.9 Å². The third-order valence-corrected chi connectivity index (χ3v) is 2.50. The van der Waals surface area contributed by atoms with Gasteiger partial charge in [-0.05, 0) is 12.1 Å². The van der Waals surface area contributed by atoms with Crippen molar-refractivity contribution in [1.29, 1.82) is 0 Å². The van der Waals surface area contributed by atoms with Crippen LogP contribution in [0.2, 0.25) is 0 Å². The van der Waals surface area contributed by atoms with Gasteiger partial charge in [-0.2, -0.15) is 0 Å². The normalized spacial score (nSPS) is 10.6. The largest absolute Gasteiger partial charge is 0.306 e. The summed E-state index contributed by atoms with van der Waals surface area (Å²) in [5.41, 5.74) is 4.88. The standard InChI is InChI=1S/C11H10N6/c12-16-10-9-11(14-6-13-10)17(7-15-9)8-4-2-1-3-5-8/h1-7H,12H2,(H,13,14,16). The van der Waals surface area contributed by atoms with Gasteiger partial charge < -0.3 is 5.43 Å². The number of hydrazine groups is 1. The van der Waals surface area contributed by atoms with Crippen LogP contribution in [0.3, 0.4) is 0 Å². The van der Waals surface area contributed by atoms with Crippen LogP contribution in [0.4, 0.5) is 5.82 Å². The molecule has 17 heavy (non-hydrogen) atoms. The molecule has 0 saturated carbocycles. The fraction of sp³-hybridized carbons (Fsp3) is 0. The predicted octanol–water partition coefficient (Wildman–Crippen LogP) is 1.10. The lowest BCUT2D eigenvalue weighted by atomic mass is 10.3. The highest BCUT2D eigenvalue weighted by Gasteiger charge is 2.09. The third kappa shape index (κ3) is 1.51. The Bertz CT molecular complexity index is 645. The minimum absolute atomic E-state index is 0.518. The van der Waals surface area contributed by atoms with Crippen LogP contribution < -0.4 is 11.3 Å². The third-order valence-electron chi connectivity index (χ3n) is 2.50. The van der Waals surface area contributed by atoms with Crippen LogP contribution in [0.25, 0.3) is 16.9 Å². The van der Waals surface area contributed by atoms with E-state index in [4.69, 9.17) is 5.84 Å². The van der Waals surface area contributed by atoms with E-state index in [1.54, 1.807) is 6.33 Å². The van der Waals surface area contributed by atoms with E-state index < -0.39 is 0 Å². The first kappa shape index (κ1) is 9.73. The Hall–Kier alpha value is -2.47. The van der Waals surface area contributed by atoms with Gasteiger partial charge in [-0.1, -0.05) is 18.2 Å². The van der Waals surface area contributed by atoms with Crippen molar-refractivity contribution in [1.82, 2.24) is 19.5 Å². The summed E-state index contributed by atoms with van der Waals surface area (Å²) in [4.78, 5) is 12.5. The molecule has 0 radical (unpaired) electrons. The Morgan fingerprint density at radius 1 is 1.06 bits per heavy atom. The molecule has 3 N–H and O–H groups in total. The summed E-state index contributed by atoms with van der Waals surface area (Å²) in [5, 5.41) is 0. The van der Waals surface area contributed by atoms with Gasteiger partial charge >= 0.3 is 0 Å². The van der Waals surface area contributed by atoms with Crippen LogP contribution in [-0.4, -0.2) is 19.5 Å². The number of nitrogens with two attached hydrogens (primary N) is 1. The highest BCUT2D eigenvalue weighted by Crippen LogP contribution is 2.19. The summed E-state index contributed by atoms with van der Waals surface area (Å²) in [7, 11) is 0. The molecule has 0 aliphatic heterocycles. The van der Waals surface area contributed by atoms with E-state index in [0.717, 1.165) is 11.3 Å². The zero-order valence-corrected chi connectivity index (χ0v) is 8.91. The molecule has 0 fully saturated rings. The van der Waals surface area contributed by atoms with Crippen LogP contribution in [0.15, 0.2) is 43.0 Å². The Morgan fingerprint density at radius 2 is 1.88 bits per heavy atom. The minimum atomic E-state index is 0.518. The van der Waals surface area contributed by atoms with Gasteiger partial charge in [0.05, 0.1) is 0 Å². The molecule has 0 bridgehead atoms. The fourth-order valence-electron chi connectivity index (χ4n) is 1.72. The smallest absolute Gasteiger partial charge is 0.171 e. The number of nitrogens with one attached hydrogen (secondary N) is 1. The lowest BCUT2D eigenvalue weighted by Crippen LogP contribution is -2.09. The average Bonchev–Trinajstić information content (AvgIpc) is 2.83. The first-order valence-corrected chi connectivity index (χ1v) is 5.10. The number of benzene rings is 1. The minimum Gasteiger partial charge on any atom is -0.306 e. The highest BCUT2D eigenvalue weighted by molar-refractivity contribution is 5.83. The number of imidazole rings is 1. The number of hydrogen-bond acceptors (Lipinski definition) is 5. The maximum absolute atomic E-state index is 5.37. The summed E-state index contributed by atoms with van der Waals surface area (Å²) in [6.45, 7) is 0. The Balaban J connectivity index is 2.26. The number of nitrogen functional groups attached to an aromatic ring is 1. The maximum Gasteiger partial charge on any atom is 0.171 e. The summed E-state index contributed by atoms with van der Waals surface area (Å²) in [5.74, 6) is 5.89. The molecule has 0 aliphatic carbocycles. The molecular weight excluding hydrogens is 216 g/mol. The number of hydrogen-bond donors (Lipinski definition) is 2. The molecule has 1 aromatic carbocycles. The van der Waals surface area contributed by atoms with Crippen LogP contribution in [0, 0.1) is 0 Å². The van der Waals surface area contributed by atoms with Gasteiger partial charge in [0, 0.05) is 5.69 Å². The number of para-hydroxylation sites is 1. The van der Waals surface area contributed by atoms with Gasteiger partial charge in [0.2, 0.25) is 0 Å². The van der Waals surface area contributed by atoms with Gasteiger partial charge in [-0.3, -0.25) is 4.57 Å². The second kappa shape index (κ2) is 3.84. The van der Waals surface area contributed by atoms with E-state index in [2.05, 4.69) is 20.4 Å².